The Kier molecular flexibility index (Phi) is 6.06. The Labute approximate surface area is 176 Å². The summed E-state index contributed by atoms with van der Waals surface area (Å²) in [7, 11) is 2.97. The lowest BCUT2D eigenvalue weighted by Crippen LogP contribution is -2.37. The highest BCUT2D eigenvalue weighted by Crippen LogP contribution is 2.27. The predicted octanol–water partition coefficient (Wildman–Crippen LogP) is 1.63. The monoisotopic (exact) mass is 427 g/mol. The standard InChI is InChI=1S/C20H21N5O4S/c1-11-9-21-18-16(19(28)25(4)20(29)24(18)3)17(11)30-10-15(27)23-14-7-5-13(6-8-14)22-12(2)26/h5-9H,10H2,1-4H3,(H,22,26)(H,23,27). The van der Waals surface area contributed by atoms with Crippen molar-refractivity contribution < 1.29 is 9.59 Å². The Morgan fingerprint density at radius 2 is 1.63 bits per heavy atom. The third-order valence-corrected chi connectivity index (χ3v) is 5.66. The molecule has 0 bridgehead atoms. The number of carbonyl (C=O) groups is 2. The van der Waals surface area contributed by atoms with Gasteiger partial charge in [0.2, 0.25) is 11.8 Å². The van der Waals surface area contributed by atoms with Crippen molar-refractivity contribution >= 4 is 46.0 Å². The third kappa shape index (κ3) is 4.28. The van der Waals surface area contributed by atoms with Crippen LogP contribution in [0.15, 0.2) is 44.9 Å². The number of aromatic nitrogens is 3. The fraction of sp³-hybridized carbons (Fsp3) is 0.250. The average molecular weight is 427 g/mol. The number of hydrogen-bond donors (Lipinski definition) is 2. The van der Waals surface area contributed by atoms with Gasteiger partial charge in [0.15, 0.2) is 0 Å². The zero-order chi connectivity index (χ0) is 22.0. The van der Waals surface area contributed by atoms with Crippen LogP contribution in [0, 0.1) is 6.92 Å². The van der Waals surface area contributed by atoms with Gasteiger partial charge in [-0.3, -0.25) is 23.5 Å². The molecule has 2 N–H and O–H groups in total. The van der Waals surface area contributed by atoms with Crippen LogP contribution in [-0.2, 0) is 23.7 Å². The van der Waals surface area contributed by atoms with Crippen molar-refractivity contribution in [3.63, 3.8) is 0 Å². The zero-order valence-corrected chi connectivity index (χ0v) is 17.8. The maximum Gasteiger partial charge on any atom is 0.332 e. The van der Waals surface area contributed by atoms with Gasteiger partial charge < -0.3 is 10.6 Å². The summed E-state index contributed by atoms with van der Waals surface area (Å²) in [6.45, 7) is 3.22. The summed E-state index contributed by atoms with van der Waals surface area (Å²) in [5, 5.41) is 5.75. The Hall–Kier alpha value is -3.40. The molecule has 3 rings (SSSR count). The minimum absolute atomic E-state index is 0.0688. The van der Waals surface area contributed by atoms with Gasteiger partial charge in [-0.25, -0.2) is 9.78 Å². The maximum absolute atomic E-state index is 12.7. The summed E-state index contributed by atoms with van der Waals surface area (Å²) < 4.78 is 2.35. The van der Waals surface area contributed by atoms with Crippen LogP contribution in [0.4, 0.5) is 11.4 Å². The quantitative estimate of drug-likeness (QED) is 0.598. The molecule has 0 saturated heterocycles. The first-order valence-corrected chi connectivity index (χ1v) is 10.0. The van der Waals surface area contributed by atoms with Gasteiger partial charge in [0.1, 0.15) is 5.65 Å². The van der Waals surface area contributed by atoms with Crippen molar-refractivity contribution in [1.29, 1.82) is 0 Å². The highest BCUT2D eigenvalue weighted by Gasteiger charge is 2.17. The molecule has 2 heterocycles. The normalized spacial score (nSPS) is 10.8. The number of nitrogens with zero attached hydrogens (tertiary/aromatic N) is 3. The number of fused-ring (bicyclic) bond motifs is 1. The summed E-state index contributed by atoms with van der Waals surface area (Å²) >= 11 is 1.22. The van der Waals surface area contributed by atoms with Crippen molar-refractivity contribution in [2.75, 3.05) is 16.4 Å². The van der Waals surface area contributed by atoms with E-state index in [2.05, 4.69) is 15.6 Å². The molecule has 10 heteroatoms. The van der Waals surface area contributed by atoms with Crippen LogP contribution in [0.5, 0.6) is 0 Å². The van der Waals surface area contributed by atoms with Gasteiger partial charge in [-0.1, -0.05) is 0 Å². The highest BCUT2D eigenvalue weighted by molar-refractivity contribution is 8.00. The topological polar surface area (TPSA) is 115 Å². The number of pyridine rings is 1. The number of amides is 2. The molecule has 0 aliphatic heterocycles. The van der Waals surface area contributed by atoms with Gasteiger partial charge in [0, 0.05) is 43.5 Å². The molecule has 0 aliphatic carbocycles. The third-order valence-electron chi connectivity index (χ3n) is 4.44. The molecule has 0 fully saturated rings. The van der Waals surface area contributed by atoms with Crippen molar-refractivity contribution in [3.05, 3.63) is 56.9 Å². The fourth-order valence-electron chi connectivity index (χ4n) is 2.96. The number of thioether (sulfide) groups is 1. The number of nitrogens with one attached hydrogen (secondary N) is 2. The van der Waals surface area contributed by atoms with Gasteiger partial charge in [-0.05, 0) is 36.8 Å². The van der Waals surface area contributed by atoms with E-state index in [0.717, 1.165) is 10.1 Å². The van der Waals surface area contributed by atoms with E-state index >= 15 is 0 Å². The first kappa shape index (κ1) is 21.3. The summed E-state index contributed by atoms with van der Waals surface area (Å²) in [4.78, 5) is 53.2. The summed E-state index contributed by atoms with van der Waals surface area (Å²) in [6, 6.07) is 6.75. The number of rotatable bonds is 5. The molecule has 0 unspecified atom stereocenters. The molecule has 0 radical (unpaired) electrons. The minimum atomic E-state index is -0.458. The first-order chi connectivity index (χ1) is 14.2. The van der Waals surface area contributed by atoms with Crippen LogP contribution in [0.2, 0.25) is 0 Å². The fourth-order valence-corrected chi connectivity index (χ4v) is 3.91. The van der Waals surface area contributed by atoms with E-state index in [0.29, 0.717) is 21.7 Å². The lowest BCUT2D eigenvalue weighted by atomic mass is 10.2. The van der Waals surface area contributed by atoms with Crippen LogP contribution in [-0.4, -0.2) is 31.7 Å². The Balaban J connectivity index is 1.81. The van der Waals surface area contributed by atoms with E-state index in [4.69, 9.17) is 0 Å². The molecule has 2 aromatic heterocycles. The Morgan fingerprint density at radius 3 is 2.23 bits per heavy atom. The summed E-state index contributed by atoms with van der Waals surface area (Å²) in [6.07, 6.45) is 1.59. The molecular formula is C20H21N5O4S. The van der Waals surface area contributed by atoms with Gasteiger partial charge in [-0.15, -0.1) is 11.8 Å². The molecule has 1 aromatic carbocycles. The van der Waals surface area contributed by atoms with Crippen molar-refractivity contribution in [1.82, 2.24) is 14.1 Å². The zero-order valence-electron chi connectivity index (χ0n) is 17.0. The Bertz CT molecular complexity index is 1260. The summed E-state index contributed by atoms with van der Waals surface area (Å²) in [5.74, 6) is -0.357. The van der Waals surface area contributed by atoms with E-state index in [1.165, 1.54) is 30.3 Å². The van der Waals surface area contributed by atoms with Crippen LogP contribution < -0.4 is 21.9 Å². The molecule has 9 nitrogen and oxygen atoms in total. The lowest BCUT2D eigenvalue weighted by Gasteiger charge is -2.12. The van der Waals surface area contributed by atoms with Crippen LogP contribution in [0.25, 0.3) is 11.0 Å². The number of anilines is 2. The van der Waals surface area contributed by atoms with Crippen molar-refractivity contribution in [2.45, 2.75) is 18.7 Å². The molecule has 156 valence electrons. The maximum atomic E-state index is 12.7. The molecule has 0 saturated carbocycles. The highest BCUT2D eigenvalue weighted by atomic mass is 32.2. The summed E-state index contributed by atoms with van der Waals surface area (Å²) in [5.41, 5.74) is 1.35. The molecule has 30 heavy (non-hydrogen) atoms. The first-order valence-electron chi connectivity index (χ1n) is 9.04. The molecule has 3 aromatic rings. The number of aryl methyl sites for hydroxylation is 2. The SMILES string of the molecule is CC(=O)Nc1ccc(NC(=O)CSc2c(C)cnc3c2c(=O)n(C)c(=O)n3C)cc1. The number of benzene rings is 1. The smallest absolute Gasteiger partial charge is 0.326 e. The molecule has 2 amide bonds. The largest absolute Gasteiger partial charge is 0.332 e. The molecule has 0 atom stereocenters. The number of carbonyl (C=O) groups excluding carboxylic acids is 2. The van der Waals surface area contributed by atoms with Crippen molar-refractivity contribution in [2.24, 2.45) is 14.1 Å². The van der Waals surface area contributed by atoms with E-state index in [1.807, 2.05) is 0 Å². The molecule has 0 aliphatic rings. The lowest BCUT2D eigenvalue weighted by molar-refractivity contribution is -0.114. The van der Waals surface area contributed by atoms with Crippen LogP contribution >= 0.6 is 11.8 Å². The van der Waals surface area contributed by atoms with Gasteiger partial charge >= 0.3 is 5.69 Å². The van der Waals surface area contributed by atoms with E-state index in [1.54, 1.807) is 44.4 Å². The molecular weight excluding hydrogens is 406 g/mol. The Morgan fingerprint density at radius 1 is 1.03 bits per heavy atom. The molecule has 0 spiro atoms. The number of hydrogen-bond acceptors (Lipinski definition) is 6. The average Bonchev–Trinajstić information content (AvgIpc) is 2.70. The minimum Gasteiger partial charge on any atom is -0.326 e. The van der Waals surface area contributed by atoms with E-state index in [9.17, 15) is 19.2 Å². The van der Waals surface area contributed by atoms with Crippen molar-refractivity contribution in [3.8, 4) is 0 Å². The second kappa shape index (κ2) is 8.54. The second-order valence-corrected chi connectivity index (χ2v) is 7.76. The van der Waals surface area contributed by atoms with Crippen LogP contribution in [0.1, 0.15) is 12.5 Å². The van der Waals surface area contributed by atoms with Gasteiger partial charge in [-0.2, -0.15) is 0 Å². The van der Waals surface area contributed by atoms with E-state index in [-0.39, 0.29) is 23.2 Å². The van der Waals surface area contributed by atoms with E-state index < -0.39 is 11.2 Å². The second-order valence-electron chi connectivity index (χ2n) is 6.77. The predicted molar refractivity (Wildman–Crippen MR) is 117 cm³/mol. The van der Waals surface area contributed by atoms with Crippen LogP contribution in [0.3, 0.4) is 0 Å². The van der Waals surface area contributed by atoms with Gasteiger partial charge in [0.05, 0.1) is 11.1 Å². The van der Waals surface area contributed by atoms with Gasteiger partial charge in [0.25, 0.3) is 5.56 Å².